The standard InChI is InChI=1S/C26H35N7O2/c1-31(2)14-6-13-27-25-22-7-4-5-8-23(22)29-24(30-25)19-32-15-17-33(18-16-32)26(34)28-20-9-11-21(35-3)12-10-20/h4-5,7-12H,6,13-19H2,1-3H3,(H,28,34)(H,27,29,30). The molecule has 2 heterocycles. The lowest BCUT2D eigenvalue weighted by molar-refractivity contribution is 0.141. The third-order valence-corrected chi connectivity index (χ3v) is 6.09. The highest BCUT2D eigenvalue weighted by atomic mass is 16.5. The summed E-state index contributed by atoms with van der Waals surface area (Å²) in [6.45, 7) is 5.41. The van der Waals surface area contributed by atoms with Crippen LogP contribution in [0, 0.1) is 0 Å². The molecule has 1 saturated heterocycles. The van der Waals surface area contributed by atoms with Crippen LogP contribution in [0.2, 0.25) is 0 Å². The van der Waals surface area contributed by atoms with Gasteiger partial charge in [0, 0.05) is 43.8 Å². The van der Waals surface area contributed by atoms with E-state index in [1.807, 2.05) is 47.4 Å². The van der Waals surface area contributed by atoms with Gasteiger partial charge in [-0.2, -0.15) is 0 Å². The second-order valence-corrected chi connectivity index (χ2v) is 9.01. The van der Waals surface area contributed by atoms with Crippen molar-refractivity contribution in [3.8, 4) is 5.75 Å². The number of carbonyl (C=O) groups is 1. The Labute approximate surface area is 207 Å². The second-order valence-electron chi connectivity index (χ2n) is 9.01. The van der Waals surface area contributed by atoms with Crippen LogP contribution in [0.1, 0.15) is 12.2 Å². The third kappa shape index (κ3) is 6.80. The van der Waals surface area contributed by atoms with Gasteiger partial charge in [-0.15, -0.1) is 0 Å². The van der Waals surface area contributed by atoms with Crippen LogP contribution in [0.5, 0.6) is 5.75 Å². The number of amides is 2. The molecule has 0 bridgehead atoms. The SMILES string of the molecule is COc1ccc(NC(=O)N2CCN(Cc3nc(NCCCN(C)C)c4ccccc4n3)CC2)cc1. The van der Waals surface area contributed by atoms with E-state index in [4.69, 9.17) is 14.7 Å². The van der Waals surface area contributed by atoms with Crippen molar-refractivity contribution in [2.75, 3.05) is 71.1 Å². The smallest absolute Gasteiger partial charge is 0.321 e. The number of aromatic nitrogens is 2. The monoisotopic (exact) mass is 477 g/mol. The fourth-order valence-corrected chi connectivity index (χ4v) is 4.12. The molecule has 2 amide bonds. The van der Waals surface area contributed by atoms with Crippen molar-refractivity contribution in [1.82, 2.24) is 24.7 Å². The fourth-order valence-electron chi connectivity index (χ4n) is 4.12. The van der Waals surface area contributed by atoms with Gasteiger partial charge in [-0.25, -0.2) is 14.8 Å². The Morgan fingerprint density at radius 1 is 1.03 bits per heavy atom. The summed E-state index contributed by atoms with van der Waals surface area (Å²) in [6.07, 6.45) is 1.04. The molecule has 4 rings (SSSR count). The van der Waals surface area contributed by atoms with Gasteiger partial charge in [-0.3, -0.25) is 4.90 Å². The molecular formula is C26H35N7O2. The molecule has 0 spiro atoms. The van der Waals surface area contributed by atoms with E-state index in [-0.39, 0.29) is 6.03 Å². The predicted molar refractivity (Wildman–Crippen MR) is 140 cm³/mol. The maximum atomic E-state index is 12.7. The number of benzene rings is 2. The molecule has 0 saturated carbocycles. The summed E-state index contributed by atoms with van der Waals surface area (Å²) in [5, 5.41) is 7.51. The zero-order valence-corrected chi connectivity index (χ0v) is 20.8. The van der Waals surface area contributed by atoms with Crippen LogP contribution in [-0.2, 0) is 6.54 Å². The molecule has 1 aromatic heterocycles. The molecule has 0 unspecified atom stereocenters. The lowest BCUT2D eigenvalue weighted by Gasteiger charge is -2.34. The molecule has 1 fully saturated rings. The maximum Gasteiger partial charge on any atom is 0.321 e. The first-order chi connectivity index (χ1) is 17.0. The molecule has 0 radical (unpaired) electrons. The number of ether oxygens (including phenoxy) is 1. The van der Waals surface area contributed by atoms with Crippen LogP contribution >= 0.6 is 0 Å². The largest absolute Gasteiger partial charge is 0.497 e. The molecule has 9 nitrogen and oxygen atoms in total. The topological polar surface area (TPSA) is 85.9 Å². The number of anilines is 2. The fraction of sp³-hybridized carbons (Fsp3) is 0.423. The molecule has 3 aromatic rings. The van der Waals surface area contributed by atoms with Crippen LogP contribution in [-0.4, -0.2) is 91.2 Å². The Balaban J connectivity index is 1.33. The third-order valence-electron chi connectivity index (χ3n) is 6.09. The number of urea groups is 1. The summed E-state index contributed by atoms with van der Waals surface area (Å²) in [6, 6.07) is 15.4. The van der Waals surface area contributed by atoms with Crippen molar-refractivity contribution >= 4 is 28.4 Å². The summed E-state index contributed by atoms with van der Waals surface area (Å²) >= 11 is 0. The predicted octanol–water partition coefficient (Wildman–Crippen LogP) is 3.35. The number of nitrogens with zero attached hydrogens (tertiary/aromatic N) is 5. The first kappa shape index (κ1) is 24.7. The van der Waals surface area contributed by atoms with Gasteiger partial charge >= 0.3 is 6.03 Å². The summed E-state index contributed by atoms with van der Waals surface area (Å²) in [5.41, 5.74) is 1.71. The average Bonchev–Trinajstić information content (AvgIpc) is 2.87. The first-order valence-electron chi connectivity index (χ1n) is 12.1. The van der Waals surface area contributed by atoms with Crippen molar-refractivity contribution in [3.63, 3.8) is 0 Å². The Hall–Kier alpha value is -3.43. The number of carbonyl (C=O) groups excluding carboxylic acids is 1. The molecule has 35 heavy (non-hydrogen) atoms. The molecule has 2 aromatic carbocycles. The van der Waals surface area contributed by atoms with E-state index in [0.29, 0.717) is 19.6 Å². The second kappa shape index (κ2) is 11.8. The van der Waals surface area contributed by atoms with E-state index in [1.54, 1.807) is 7.11 Å². The Morgan fingerprint density at radius 2 is 1.77 bits per heavy atom. The highest BCUT2D eigenvalue weighted by Gasteiger charge is 2.22. The zero-order valence-electron chi connectivity index (χ0n) is 20.8. The molecule has 2 N–H and O–H groups in total. The van der Waals surface area contributed by atoms with Crippen LogP contribution in [0.4, 0.5) is 16.3 Å². The van der Waals surface area contributed by atoms with E-state index >= 15 is 0 Å². The van der Waals surface area contributed by atoms with Gasteiger partial charge in [0.1, 0.15) is 17.4 Å². The van der Waals surface area contributed by atoms with E-state index in [0.717, 1.165) is 66.6 Å². The van der Waals surface area contributed by atoms with Gasteiger partial charge in [0.05, 0.1) is 19.2 Å². The summed E-state index contributed by atoms with van der Waals surface area (Å²) < 4.78 is 5.17. The molecular weight excluding hydrogens is 442 g/mol. The van der Waals surface area contributed by atoms with Crippen molar-refractivity contribution < 1.29 is 9.53 Å². The quantitative estimate of drug-likeness (QED) is 0.457. The number of para-hydroxylation sites is 1. The van der Waals surface area contributed by atoms with Gasteiger partial charge in [0.15, 0.2) is 0 Å². The number of rotatable bonds is 9. The van der Waals surface area contributed by atoms with Gasteiger partial charge in [-0.1, -0.05) is 12.1 Å². The van der Waals surface area contributed by atoms with Crippen molar-refractivity contribution in [2.24, 2.45) is 0 Å². The molecule has 1 aliphatic rings. The van der Waals surface area contributed by atoms with Crippen molar-refractivity contribution in [3.05, 3.63) is 54.4 Å². The van der Waals surface area contributed by atoms with Crippen molar-refractivity contribution in [2.45, 2.75) is 13.0 Å². The highest BCUT2D eigenvalue weighted by Crippen LogP contribution is 2.21. The summed E-state index contributed by atoms with van der Waals surface area (Å²) in [5.74, 6) is 2.45. The zero-order chi connectivity index (χ0) is 24.6. The first-order valence-corrected chi connectivity index (χ1v) is 12.1. The normalized spacial score (nSPS) is 14.3. The minimum atomic E-state index is -0.0824. The van der Waals surface area contributed by atoms with Crippen molar-refractivity contribution in [1.29, 1.82) is 0 Å². The number of hydrogen-bond donors (Lipinski definition) is 2. The van der Waals surface area contributed by atoms with Crippen LogP contribution < -0.4 is 15.4 Å². The molecule has 0 atom stereocenters. The van der Waals surface area contributed by atoms with Crippen LogP contribution in [0.3, 0.4) is 0 Å². The van der Waals surface area contributed by atoms with Gasteiger partial charge in [-0.05, 0) is 63.5 Å². The minimum Gasteiger partial charge on any atom is -0.497 e. The van der Waals surface area contributed by atoms with Crippen LogP contribution in [0.15, 0.2) is 48.5 Å². The van der Waals surface area contributed by atoms with E-state index in [9.17, 15) is 4.79 Å². The Bertz CT molecular complexity index is 1110. The highest BCUT2D eigenvalue weighted by molar-refractivity contribution is 5.90. The molecule has 1 aliphatic heterocycles. The Kier molecular flexibility index (Phi) is 8.33. The summed E-state index contributed by atoms with van der Waals surface area (Å²) in [4.78, 5) is 28.7. The number of piperazine rings is 1. The lowest BCUT2D eigenvalue weighted by atomic mass is 10.2. The Morgan fingerprint density at radius 3 is 2.49 bits per heavy atom. The average molecular weight is 478 g/mol. The van der Waals surface area contributed by atoms with E-state index in [1.165, 1.54) is 0 Å². The van der Waals surface area contributed by atoms with Gasteiger partial charge < -0.3 is 25.2 Å². The van der Waals surface area contributed by atoms with E-state index < -0.39 is 0 Å². The molecule has 9 heteroatoms. The van der Waals surface area contributed by atoms with Crippen LogP contribution in [0.25, 0.3) is 10.9 Å². The number of fused-ring (bicyclic) bond motifs is 1. The minimum absolute atomic E-state index is 0.0824. The molecule has 0 aliphatic carbocycles. The lowest BCUT2D eigenvalue weighted by Crippen LogP contribution is -2.49. The number of nitrogens with one attached hydrogen (secondary N) is 2. The number of methoxy groups -OCH3 is 1. The van der Waals surface area contributed by atoms with Gasteiger partial charge in [0.25, 0.3) is 0 Å². The van der Waals surface area contributed by atoms with E-state index in [2.05, 4.69) is 40.6 Å². The molecule has 186 valence electrons. The number of hydrogen-bond acceptors (Lipinski definition) is 7. The maximum absolute atomic E-state index is 12.7. The van der Waals surface area contributed by atoms with Gasteiger partial charge in [0.2, 0.25) is 0 Å². The summed E-state index contributed by atoms with van der Waals surface area (Å²) in [7, 11) is 5.79.